The summed E-state index contributed by atoms with van der Waals surface area (Å²) in [6.45, 7) is 5.46. The van der Waals surface area contributed by atoms with Crippen molar-refractivity contribution in [1.29, 1.82) is 0 Å². The molecule has 0 aliphatic rings. The predicted molar refractivity (Wildman–Crippen MR) is 125 cm³/mol. The highest BCUT2D eigenvalue weighted by molar-refractivity contribution is 6.04. The third-order valence-corrected chi connectivity index (χ3v) is 5.17. The predicted octanol–water partition coefficient (Wildman–Crippen LogP) is 4.71. The lowest BCUT2D eigenvalue weighted by atomic mass is 9.92. The van der Waals surface area contributed by atoms with E-state index in [0.717, 1.165) is 5.56 Å². The molecule has 3 aromatic rings. The highest BCUT2D eigenvalue weighted by atomic mass is 19.1. The lowest BCUT2D eigenvalue weighted by Gasteiger charge is -2.32. The van der Waals surface area contributed by atoms with Gasteiger partial charge in [0, 0.05) is 29.9 Å². The van der Waals surface area contributed by atoms with Gasteiger partial charge in [-0.25, -0.2) is 4.39 Å². The Hall–Kier alpha value is -3.51. The van der Waals surface area contributed by atoms with Crippen LogP contribution in [0.1, 0.15) is 40.1 Å². The summed E-state index contributed by atoms with van der Waals surface area (Å²) >= 11 is 0. The van der Waals surface area contributed by atoms with E-state index in [1.807, 2.05) is 44.2 Å². The second-order valence-corrected chi connectivity index (χ2v) is 8.55. The van der Waals surface area contributed by atoms with Gasteiger partial charge in [-0.2, -0.15) is 0 Å². The molecule has 0 aliphatic carbocycles. The maximum Gasteiger partial charge on any atom is 0.255 e. The molecule has 0 radical (unpaired) electrons. The van der Waals surface area contributed by atoms with Crippen molar-refractivity contribution in [2.45, 2.75) is 20.4 Å². The minimum Gasteiger partial charge on any atom is -0.334 e. The van der Waals surface area contributed by atoms with Crippen molar-refractivity contribution in [2.75, 3.05) is 18.4 Å². The van der Waals surface area contributed by atoms with Crippen LogP contribution >= 0.6 is 0 Å². The highest BCUT2D eigenvalue weighted by Gasteiger charge is 2.24. The van der Waals surface area contributed by atoms with Gasteiger partial charge in [0.05, 0.1) is 0 Å². The zero-order chi connectivity index (χ0) is 23.1. The van der Waals surface area contributed by atoms with Gasteiger partial charge in [0.2, 0.25) is 0 Å². The molecule has 0 atom stereocenters. The molecule has 3 N–H and O–H groups in total. The molecule has 0 heterocycles. The first-order chi connectivity index (χ1) is 15.3. The fraction of sp³-hybridized carbons (Fsp3) is 0.231. The van der Waals surface area contributed by atoms with Crippen LogP contribution in [0.4, 0.5) is 10.1 Å². The number of carbonyl (C=O) groups is 2. The van der Waals surface area contributed by atoms with E-state index in [9.17, 15) is 14.0 Å². The summed E-state index contributed by atoms with van der Waals surface area (Å²) in [6.07, 6.45) is 0. The van der Waals surface area contributed by atoms with E-state index < -0.39 is 5.82 Å². The minimum atomic E-state index is -0.390. The second-order valence-electron chi connectivity index (χ2n) is 8.55. The molecular weight excluding hydrogens is 405 g/mol. The molecule has 166 valence electrons. The number of carbonyl (C=O) groups excluding carboxylic acids is 2. The summed E-state index contributed by atoms with van der Waals surface area (Å²) in [7, 11) is 0. The summed E-state index contributed by atoms with van der Waals surface area (Å²) in [5.41, 5.74) is 8.23. The third-order valence-electron chi connectivity index (χ3n) is 5.17. The molecule has 0 saturated heterocycles. The zero-order valence-electron chi connectivity index (χ0n) is 18.3. The van der Waals surface area contributed by atoms with Crippen molar-refractivity contribution in [3.8, 4) is 0 Å². The molecule has 0 bridgehead atoms. The van der Waals surface area contributed by atoms with Gasteiger partial charge in [0.25, 0.3) is 11.8 Å². The maximum atomic E-state index is 13.1. The third kappa shape index (κ3) is 6.25. The average Bonchev–Trinajstić information content (AvgIpc) is 2.80. The van der Waals surface area contributed by atoms with E-state index in [0.29, 0.717) is 36.4 Å². The van der Waals surface area contributed by atoms with Crippen LogP contribution in [0.5, 0.6) is 0 Å². The van der Waals surface area contributed by atoms with E-state index >= 15 is 0 Å². The normalized spacial score (nSPS) is 11.1. The van der Waals surface area contributed by atoms with E-state index in [1.165, 1.54) is 24.3 Å². The molecule has 3 aromatic carbocycles. The number of rotatable bonds is 8. The topological polar surface area (TPSA) is 75.4 Å². The number of nitrogens with zero attached hydrogens (tertiary/aromatic N) is 1. The fourth-order valence-corrected chi connectivity index (χ4v) is 3.26. The van der Waals surface area contributed by atoms with Crippen molar-refractivity contribution >= 4 is 17.5 Å². The summed E-state index contributed by atoms with van der Waals surface area (Å²) in [6, 6.07) is 21.9. The molecule has 0 aromatic heterocycles. The maximum absolute atomic E-state index is 13.1. The van der Waals surface area contributed by atoms with Crippen LogP contribution < -0.4 is 11.1 Å². The smallest absolute Gasteiger partial charge is 0.255 e. The van der Waals surface area contributed by atoms with E-state index in [2.05, 4.69) is 5.32 Å². The van der Waals surface area contributed by atoms with E-state index in [-0.39, 0.29) is 17.2 Å². The Morgan fingerprint density at radius 3 is 2.12 bits per heavy atom. The number of halogens is 1. The number of nitrogens with one attached hydrogen (secondary N) is 1. The van der Waals surface area contributed by atoms with Crippen LogP contribution in [-0.4, -0.2) is 29.8 Å². The summed E-state index contributed by atoms with van der Waals surface area (Å²) in [5.74, 6) is -0.762. The first-order valence-corrected chi connectivity index (χ1v) is 10.5. The average molecular weight is 434 g/mol. The molecule has 5 nitrogen and oxygen atoms in total. The van der Waals surface area contributed by atoms with Gasteiger partial charge in [-0.15, -0.1) is 0 Å². The van der Waals surface area contributed by atoms with Crippen LogP contribution in [0, 0.1) is 11.2 Å². The van der Waals surface area contributed by atoms with E-state index in [1.54, 1.807) is 29.2 Å². The Balaban J connectivity index is 1.72. The van der Waals surface area contributed by atoms with Gasteiger partial charge in [0.1, 0.15) is 5.82 Å². The summed E-state index contributed by atoms with van der Waals surface area (Å²) < 4.78 is 13.0. The Morgan fingerprint density at radius 2 is 1.53 bits per heavy atom. The van der Waals surface area contributed by atoms with Crippen molar-refractivity contribution in [2.24, 2.45) is 11.1 Å². The van der Waals surface area contributed by atoms with Gasteiger partial charge < -0.3 is 16.0 Å². The Bertz CT molecular complexity index is 1050. The number of hydrogen-bond donors (Lipinski definition) is 2. The molecule has 0 saturated carbocycles. The Labute approximate surface area is 188 Å². The monoisotopic (exact) mass is 433 g/mol. The molecule has 3 rings (SSSR count). The van der Waals surface area contributed by atoms with Gasteiger partial charge >= 0.3 is 0 Å². The fourth-order valence-electron chi connectivity index (χ4n) is 3.26. The standard InChI is InChI=1S/C26H28FN3O2/c1-26(2,17-28)18-30(25(32)21-6-4-3-5-7-21)16-19-8-14-23(15-9-19)29-24(31)20-10-12-22(27)13-11-20/h3-15H,16-18,28H2,1-2H3,(H,29,31). The van der Waals surface area contributed by atoms with Crippen LogP contribution in [-0.2, 0) is 6.54 Å². The van der Waals surface area contributed by atoms with Crippen molar-refractivity contribution in [3.05, 3.63) is 101 Å². The van der Waals surface area contributed by atoms with Crippen LogP contribution in [0.3, 0.4) is 0 Å². The quantitative estimate of drug-likeness (QED) is 0.540. The van der Waals surface area contributed by atoms with Gasteiger partial charge in [-0.3, -0.25) is 9.59 Å². The SMILES string of the molecule is CC(C)(CN)CN(Cc1ccc(NC(=O)c2ccc(F)cc2)cc1)C(=O)c1ccccc1. The van der Waals surface area contributed by atoms with Crippen molar-refractivity contribution in [3.63, 3.8) is 0 Å². The lowest BCUT2D eigenvalue weighted by molar-refractivity contribution is 0.0673. The molecule has 0 fully saturated rings. The molecule has 0 unspecified atom stereocenters. The number of hydrogen-bond acceptors (Lipinski definition) is 3. The van der Waals surface area contributed by atoms with Crippen molar-refractivity contribution < 1.29 is 14.0 Å². The summed E-state index contributed by atoms with van der Waals surface area (Å²) in [4.78, 5) is 27.3. The lowest BCUT2D eigenvalue weighted by Crippen LogP contribution is -2.41. The van der Waals surface area contributed by atoms with Gasteiger partial charge in [-0.1, -0.05) is 44.2 Å². The van der Waals surface area contributed by atoms with E-state index in [4.69, 9.17) is 5.73 Å². The van der Waals surface area contributed by atoms with Crippen LogP contribution in [0.2, 0.25) is 0 Å². The van der Waals surface area contributed by atoms with Gasteiger partial charge in [-0.05, 0) is 66.1 Å². The van der Waals surface area contributed by atoms with Crippen molar-refractivity contribution in [1.82, 2.24) is 4.90 Å². The minimum absolute atomic E-state index is 0.0548. The molecule has 32 heavy (non-hydrogen) atoms. The number of benzene rings is 3. The Morgan fingerprint density at radius 1 is 0.906 bits per heavy atom. The number of amides is 2. The van der Waals surface area contributed by atoms with Gasteiger partial charge in [0.15, 0.2) is 0 Å². The zero-order valence-corrected chi connectivity index (χ0v) is 18.3. The molecule has 0 spiro atoms. The number of nitrogens with two attached hydrogens (primary N) is 1. The highest BCUT2D eigenvalue weighted by Crippen LogP contribution is 2.20. The molecular formula is C26H28FN3O2. The largest absolute Gasteiger partial charge is 0.334 e. The first kappa shape index (κ1) is 23.2. The summed E-state index contributed by atoms with van der Waals surface area (Å²) in [5, 5.41) is 2.80. The second kappa shape index (κ2) is 10.2. The molecule has 0 aliphatic heterocycles. The first-order valence-electron chi connectivity index (χ1n) is 10.5. The molecule has 6 heteroatoms. The number of anilines is 1. The Kier molecular flexibility index (Phi) is 7.38. The van der Waals surface area contributed by atoms with Crippen LogP contribution in [0.15, 0.2) is 78.9 Å². The van der Waals surface area contributed by atoms with Crippen LogP contribution in [0.25, 0.3) is 0 Å². The molecule has 2 amide bonds.